The van der Waals surface area contributed by atoms with Crippen LogP contribution in [0.25, 0.3) is 0 Å². The van der Waals surface area contributed by atoms with Crippen LogP contribution in [0, 0.1) is 11.3 Å². The van der Waals surface area contributed by atoms with Gasteiger partial charge in [-0.05, 0) is 0 Å². The summed E-state index contributed by atoms with van der Waals surface area (Å²) in [5.74, 6) is 0. The maximum absolute atomic E-state index is 8.66. The van der Waals surface area contributed by atoms with E-state index in [2.05, 4.69) is 6.07 Å². The lowest BCUT2D eigenvalue weighted by molar-refractivity contribution is -0.910. The van der Waals surface area contributed by atoms with Crippen molar-refractivity contribution in [1.29, 1.82) is 5.26 Å². The number of hydrogen-bond donors (Lipinski definition) is 0. The summed E-state index contributed by atoms with van der Waals surface area (Å²) in [6.07, 6.45) is 0. The van der Waals surface area contributed by atoms with E-state index in [0.29, 0.717) is 4.48 Å². The Morgan fingerprint density at radius 2 is 1.56 bits per heavy atom. The highest BCUT2D eigenvalue weighted by atomic mass is 15.3. The predicted octanol–water partition coefficient (Wildman–Crippen LogP) is 0.995. The van der Waals surface area contributed by atoms with E-state index < -0.39 is 0 Å². The van der Waals surface area contributed by atoms with Gasteiger partial charge in [0.05, 0.1) is 21.1 Å². The predicted molar refractivity (Wildman–Crippen MR) is 37.7 cm³/mol. The number of quaternary nitrogens is 1. The molecule has 0 radical (unpaired) electrons. The van der Waals surface area contributed by atoms with Gasteiger partial charge in [-0.15, -0.1) is 0 Å². The first-order chi connectivity index (χ1) is 3.81. The van der Waals surface area contributed by atoms with Crippen LogP contribution in [0.2, 0.25) is 0 Å². The standard InChI is InChI=1S/C7H15N2/c1-7(2,6-8)9(3,4)5/h1-5H3/q+1. The monoisotopic (exact) mass is 127 g/mol. The Balaban J connectivity index is 4.39. The zero-order valence-corrected chi connectivity index (χ0v) is 6.89. The SMILES string of the molecule is CC(C)(C#N)[N+](C)(C)C. The second-order valence-corrected chi connectivity index (χ2v) is 3.68. The van der Waals surface area contributed by atoms with Gasteiger partial charge in [0.15, 0.2) is 5.54 Å². The van der Waals surface area contributed by atoms with Gasteiger partial charge in [-0.3, -0.25) is 0 Å². The molecule has 0 aliphatic carbocycles. The minimum atomic E-state index is -0.278. The molecule has 0 aromatic rings. The summed E-state index contributed by atoms with van der Waals surface area (Å²) in [5, 5.41) is 8.66. The summed E-state index contributed by atoms with van der Waals surface area (Å²) in [4.78, 5) is 0. The van der Waals surface area contributed by atoms with Gasteiger partial charge in [-0.2, -0.15) is 5.26 Å². The summed E-state index contributed by atoms with van der Waals surface area (Å²) in [7, 11) is 6.05. The molecule has 0 N–H and O–H groups in total. The van der Waals surface area contributed by atoms with Crippen molar-refractivity contribution < 1.29 is 4.48 Å². The van der Waals surface area contributed by atoms with Crippen LogP contribution < -0.4 is 0 Å². The molecule has 0 saturated heterocycles. The number of nitrogens with zero attached hydrogens (tertiary/aromatic N) is 2. The second-order valence-electron chi connectivity index (χ2n) is 3.68. The minimum absolute atomic E-state index is 0.278. The largest absolute Gasteiger partial charge is 0.315 e. The van der Waals surface area contributed by atoms with Crippen LogP contribution >= 0.6 is 0 Å². The Kier molecular flexibility index (Phi) is 1.88. The number of rotatable bonds is 1. The van der Waals surface area contributed by atoms with E-state index in [1.54, 1.807) is 0 Å². The van der Waals surface area contributed by atoms with Crippen LogP contribution in [0.1, 0.15) is 13.8 Å². The Morgan fingerprint density at radius 3 is 1.56 bits per heavy atom. The van der Waals surface area contributed by atoms with Crippen molar-refractivity contribution in [3.63, 3.8) is 0 Å². The summed E-state index contributed by atoms with van der Waals surface area (Å²) in [6, 6.07) is 2.25. The molecule has 0 amide bonds. The topological polar surface area (TPSA) is 23.8 Å². The molecule has 2 nitrogen and oxygen atoms in total. The second kappa shape index (κ2) is 2.00. The smallest absolute Gasteiger partial charge is 0.180 e. The first kappa shape index (κ1) is 8.45. The van der Waals surface area contributed by atoms with Gasteiger partial charge in [-0.25, -0.2) is 0 Å². The molecule has 0 bridgehead atoms. The zero-order chi connectivity index (χ0) is 7.71. The fraction of sp³-hybridized carbons (Fsp3) is 0.857. The van der Waals surface area contributed by atoms with Gasteiger partial charge in [0.2, 0.25) is 0 Å². The van der Waals surface area contributed by atoms with Crippen LogP contribution in [0.5, 0.6) is 0 Å². The highest BCUT2D eigenvalue weighted by Crippen LogP contribution is 2.14. The van der Waals surface area contributed by atoms with E-state index in [9.17, 15) is 0 Å². The Labute approximate surface area is 57.3 Å². The molecule has 2 heteroatoms. The maximum atomic E-state index is 8.66. The molecular weight excluding hydrogens is 112 g/mol. The third kappa shape index (κ3) is 1.69. The molecule has 0 atom stereocenters. The van der Waals surface area contributed by atoms with E-state index in [1.165, 1.54) is 0 Å². The molecule has 0 aromatic carbocycles. The van der Waals surface area contributed by atoms with Crippen molar-refractivity contribution in [3.8, 4) is 6.07 Å². The summed E-state index contributed by atoms with van der Waals surface area (Å²) in [6.45, 7) is 3.88. The molecule has 0 fully saturated rings. The van der Waals surface area contributed by atoms with Gasteiger partial charge < -0.3 is 4.48 Å². The van der Waals surface area contributed by atoms with Crippen LogP contribution in [0.15, 0.2) is 0 Å². The molecule has 0 unspecified atom stereocenters. The van der Waals surface area contributed by atoms with Crippen molar-refractivity contribution in [2.45, 2.75) is 19.4 Å². The van der Waals surface area contributed by atoms with Crippen LogP contribution in [-0.4, -0.2) is 31.2 Å². The molecule has 0 saturated carbocycles. The van der Waals surface area contributed by atoms with Gasteiger partial charge in [0, 0.05) is 13.8 Å². The van der Waals surface area contributed by atoms with E-state index in [-0.39, 0.29) is 5.54 Å². The van der Waals surface area contributed by atoms with Crippen molar-refractivity contribution >= 4 is 0 Å². The third-order valence-electron chi connectivity index (χ3n) is 1.95. The van der Waals surface area contributed by atoms with Gasteiger partial charge >= 0.3 is 0 Å². The van der Waals surface area contributed by atoms with Crippen molar-refractivity contribution in [2.75, 3.05) is 21.1 Å². The lowest BCUT2D eigenvalue weighted by atomic mass is 10.0. The molecular formula is C7H15N2+. The molecule has 0 heterocycles. The van der Waals surface area contributed by atoms with Crippen LogP contribution in [0.4, 0.5) is 0 Å². The molecule has 0 aliphatic heterocycles. The fourth-order valence-electron chi connectivity index (χ4n) is 0.150. The van der Waals surface area contributed by atoms with Crippen molar-refractivity contribution in [3.05, 3.63) is 0 Å². The summed E-state index contributed by atoms with van der Waals surface area (Å²) < 4.78 is 0.684. The first-order valence-corrected chi connectivity index (χ1v) is 3.04. The van der Waals surface area contributed by atoms with Crippen molar-refractivity contribution in [2.24, 2.45) is 0 Å². The first-order valence-electron chi connectivity index (χ1n) is 3.04. The van der Waals surface area contributed by atoms with E-state index in [4.69, 9.17) is 5.26 Å². The Morgan fingerprint density at radius 1 is 1.22 bits per heavy atom. The molecule has 0 aliphatic rings. The molecule has 52 valence electrons. The lowest BCUT2D eigenvalue weighted by Crippen LogP contribution is -2.51. The maximum Gasteiger partial charge on any atom is 0.180 e. The molecule has 0 rings (SSSR count). The highest BCUT2D eigenvalue weighted by molar-refractivity contribution is 4.93. The fourth-order valence-corrected chi connectivity index (χ4v) is 0.150. The third-order valence-corrected chi connectivity index (χ3v) is 1.95. The molecule has 0 spiro atoms. The summed E-state index contributed by atoms with van der Waals surface area (Å²) >= 11 is 0. The average Bonchev–Trinajstić information content (AvgIpc) is 1.64. The highest BCUT2D eigenvalue weighted by Gasteiger charge is 2.31. The molecule has 0 aromatic heterocycles. The Bertz CT molecular complexity index is 134. The summed E-state index contributed by atoms with van der Waals surface area (Å²) in [5.41, 5.74) is -0.278. The van der Waals surface area contributed by atoms with Gasteiger partial charge in [0.1, 0.15) is 6.07 Å². The van der Waals surface area contributed by atoms with E-state index in [1.807, 2.05) is 35.0 Å². The van der Waals surface area contributed by atoms with Gasteiger partial charge in [0.25, 0.3) is 0 Å². The quantitative estimate of drug-likeness (QED) is 0.482. The zero-order valence-electron chi connectivity index (χ0n) is 6.89. The van der Waals surface area contributed by atoms with Gasteiger partial charge in [-0.1, -0.05) is 0 Å². The average molecular weight is 127 g/mol. The molecule has 9 heavy (non-hydrogen) atoms. The Hall–Kier alpha value is -0.550. The number of hydrogen-bond acceptors (Lipinski definition) is 1. The van der Waals surface area contributed by atoms with E-state index >= 15 is 0 Å². The van der Waals surface area contributed by atoms with Crippen LogP contribution in [-0.2, 0) is 0 Å². The number of nitriles is 1. The van der Waals surface area contributed by atoms with E-state index in [0.717, 1.165) is 0 Å². The normalized spacial score (nSPS) is 12.9. The minimum Gasteiger partial charge on any atom is -0.315 e. The lowest BCUT2D eigenvalue weighted by Gasteiger charge is -2.35. The van der Waals surface area contributed by atoms with Crippen LogP contribution in [0.3, 0.4) is 0 Å². The van der Waals surface area contributed by atoms with Crippen molar-refractivity contribution in [1.82, 2.24) is 0 Å².